The molecule has 1 N–H and O–H groups in total. The van der Waals surface area contributed by atoms with Crippen LogP contribution in [0.2, 0.25) is 0 Å². The molecule has 21 heavy (non-hydrogen) atoms. The van der Waals surface area contributed by atoms with Crippen LogP contribution in [0.15, 0.2) is 18.7 Å². The second-order valence-corrected chi connectivity index (χ2v) is 5.02. The molecule has 0 aliphatic heterocycles. The predicted molar refractivity (Wildman–Crippen MR) is 77.6 cm³/mol. The van der Waals surface area contributed by atoms with Crippen molar-refractivity contribution in [3.63, 3.8) is 0 Å². The molecule has 0 amide bonds. The molecular formula is C13H19N7O. The van der Waals surface area contributed by atoms with E-state index in [-0.39, 0.29) is 0 Å². The summed E-state index contributed by atoms with van der Waals surface area (Å²) in [5.74, 6) is 0.955. The Morgan fingerprint density at radius 3 is 2.90 bits per heavy atom. The van der Waals surface area contributed by atoms with Gasteiger partial charge in [0.1, 0.15) is 12.9 Å². The Kier molecular flexibility index (Phi) is 3.96. The fraction of sp³-hybridized carbons (Fsp3) is 0.538. The van der Waals surface area contributed by atoms with Crippen molar-refractivity contribution in [1.29, 1.82) is 0 Å². The molecule has 1 fully saturated rings. The lowest BCUT2D eigenvalue weighted by Crippen LogP contribution is -2.26. The summed E-state index contributed by atoms with van der Waals surface area (Å²) < 4.78 is 7.37. The van der Waals surface area contributed by atoms with Crippen molar-refractivity contribution >= 4 is 5.95 Å². The summed E-state index contributed by atoms with van der Waals surface area (Å²) in [5.41, 5.74) is 0. The average Bonchev–Trinajstić information content (AvgIpc) is 3.21. The monoisotopic (exact) mass is 289 g/mol. The topological polar surface area (TPSA) is 81.0 Å². The second-order valence-electron chi connectivity index (χ2n) is 5.02. The lowest BCUT2D eigenvalue weighted by atomic mass is 10.5. The maximum Gasteiger partial charge on any atom is 0.323 e. The van der Waals surface area contributed by atoms with Crippen molar-refractivity contribution in [2.45, 2.75) is 18.9 Å². The fourth-order valence-electron chi connectivity index (χ4n) is 1.99. The second kappa shape index (κ2) is 6.04. The van der Waals surface area contributed by atoms with E-state index in [2.05, 4.69) is 37.2 Å². The van der Waals surface area contributed by atoms with E-state index in [4.69, 9.17) is 4.74 Å². The van der Waals surface area contributed by atoms with Crippen molar-refractivity contribution in [2.75, 3.05) is 32.6 Å². The first-order chi connectivity index (χ1) is 10.3. The molecule has 8 nitrogen and oxygen atoms in total. The highest BCUT2D eigenvalue weighted by Gasteiger charge is 2.25. The van der Waals surface area contributed by atoms with Gasteiger partial charge in [-0.3, -0.25) is 4.57 Å². The minimum absolute atomic E-state index is 0.322. The van der Waals surface area contributed by atoms with Crippen LogP contribution < -0.4 is 10.1 Å². The van der Waals surface area contributed by atoms with Crippen LogP contribution >= 0.6 is 0 Å². The predicted octanol–water partition coefficient (Wildman–Crippen LogP) is 0.572. The van der Waals surface area contributed by atoms with Gasteiger partial charge < -0.3 is 15.0 Å². The molecule has 0 saturated heterocycles. The standard InChI is InChI=1S/C13H19N7O/c1-14-11-16-12(20-6-5-15-9-20)18-13(17-11)21-8-7-19(2)10-3-4-10/h5-6,9-10H,3-4,7-8H2,1-2H3,(H,14,16,17,18). The maximum absolute atomic E-state index is 5.66. The molecule has 2 aromatic rings. The van der Waals surface area contributed by atoms with E-state index in [1.54, 1.807) is 30.3 Å². The summed E-state index contributed by atoms with van der Waals surface area (Å²) in [5, 5.41) is 2.91. The normalized spacial score (nSPS) is 14.4. The SMILES string of the molecule is CNc1nc(OCCN(C)C2CC2)nc(-n2ccnc2)n1. The number of anilines is 1. The van der Waals surface area contributed by atoms with Gasteiger partial charge in [-0.2, -0.15) is 15.0 Å². The molecule has 112 valence electrons. The summed E-state index contributed by atoms with van der Waals surface area (Å²) in [6.45, 7) is 1.43. The number of aromatic nitrogens is 5. The molecule has 0 bridgehead atoms. The van der Waals surface area contributed by atoms with Crippen molar-refractivity contribution in [3.05, 3.63) is 18.7 Å². The van der Waals surface area contributed by atoms with Gasteiger partial charge in [-0.05, 0) is 19.9 Å². The van der Waals surface area contributed by atoms with Gasteiger partial charge in [-0.15, -0.1) is 0 Å². The minimum Gasteiger partial charge on any atom is -0.462 e. The van der Waals surface area contributed by atoms with Crippen LogP contribution in [0.5, 0.6) is 6.01 Å². The minimum atomic E-state index is 0.322. The summed E-state index contributed by atoms with van der Waals surface area (Å²) in [7, 11) is 3.88. The van der Waals surface area contributed by atoms with Gasteiger partial charge in [0, 0.05) is 32.0 Å². The third kappa shape index (κ3) is 3.46. The summed E-state index contributed by atoms with van der Waals surface area (Å²) >= 11 is 0. The Bertz CT molecular complexity index is 582. The van der Waals surface area contributed by atoms with Crippen molar-refractivity contribution in [1.82, 2.24) is 29.4 Å². The van der Waals surface area contributed by atoms with Crippen LogP contribution in [0.1, 0.15) is 12.8 Å². The average molecular weight is 289 g/mol. The third-order valence-corrected chi connectivity index (χ3v) is 3.41. The Morgan fingerprint density at radius 1 is 1.38 bits per heavy atom. The Morgan fingerprint density at radius 2 is 2.24 bits per heavy atom. The molecule has 0 aromatic carbocycles. The fourth-order valence-corrected chi connectivity index (χ4v) is 1.99. The summed E-state index contributed by atoms with van der Waals surface area (Å²) in [6, 6.07) is 1.04. The van der Waals surface area contributed by atoms with E-state index in [0.717, 1.165) is 12.6 Å². The Balaban J connectivity index is 1.67. The molecule has 0 atom stereocenters. The van der Waals surface area contributed by atoms with E-state index in [9.17, 15) is 0 Å². The van der Waals surface area contributed by atoms with Gasteiger partial charge in [-0.25, -0.2) is 4.98 Å². The van der Waals surface area contributed by atoms with Gasteiger partial charge in [0.25, 0.3) is 0 Å². The molecule has 2 heterocycles. The lowest BCUT2D eigenvalue weighted by Gasteiger charge is -2.15. The highest BCUT2D eigenvalue weighted by atomic mass is 16.5. The van der Waals surface area contributed by atoms with Gasteiger partial charge in [0.05, 0.1) is 0 Å². The first-order valence-corrected chi connectivity index (χ1v) is 7.01. The van der Waals surface area contributed by atoms with E-state index in [1.165, 1.54) is 12.8 Å². The molecule has 8 heteroatoms. The molecule has 0 unspecified atom stereocenters. The molecule has 1 saturated carbocycles. The zero-order chi connectivity index (χ0) is 14.7. The number of hydrogen-bond acceptors (Lipinski definition) is 7. The van der Waals surface area contributed by atoms with Crippen LogP contribution in [-0.2, 0) is 0 Å². The highest BCUT2D eigenvalue weighted by molar-refractivity contribution is 5.29. The maximum atomic E-state index is 5.66. The van der Waals surface area contributed by atoms with Crippen LogP contribution in [0.4, 0.5) is 5.95 Å². The molecule has 0 spiro atoms. The smallest absolute Gasteiger partial charge is 0.323 e. The lowest BCUT2D eigenvalue weighted by molar-refractivity contribution is 0.220. The molecular weight excluding hydrogens is 270 g/mol. The van der Waals surface area contributed by atoms with Gasteiger partial charge in [0.2, 0.25) is 11.9 Å². The van der Waals surface area contributed by atoms with Crippen LogP contribution in [0.3, 0.4) is 0 Å². The number of rotatable bonds is 7. The van der Waals surface area contributed by atoms with E-state index in [1.807, 2.05) is 0 Å². The molecule has 0 radical (unpaired) electrons. The Hall–Kier alpha value is -2.22. The number of nitrogens with zero attached hydrogens (tertiary/aromatic N) is 6. The van der Waals surface area contributed by atoms with Gasteiger partial charge in [0.15, 0.2) is 0 Å². The molecule has 3 rings (SSSR count). The Labute approximate surface area is 123 Å². The van der Waals surface area contributed by atoms with Crippen molar-refractivity contribution in [3.8, 4) is 12.0 Å². The number of imidazole rings is 1. The highest BCUT2D eigenvalue weighted by Crippen LogP contribution is 2.24. The van der Waals surface area contributed by atoms with E-state index in [0.29, 0.717) is 24.5 Å². The molecule has 1 aliphatic rings. The van der Waals surface area contributed by atoms with Crippen molar-refractivity contribution < 1.29 is 4.74 Å². The van der Waals surface area contributed by atoms with Crippen LogP contribution in [0, 0.1) is 0 Å². The van der Waals surface area contributed by atoms with Gasteiger partial charge in [-0.1, -0.05) is 0 Å². The molecule has 2 aromatic heterocycles. The third-order valence-electron chi connectivity index (χ3n) is 3.41. The van der Waals surface area contributed by atoms with E-state index >= 15 is 0 Å². The number of nitrogens with one attached hydrogen (secondary N) is 1. The first-order valence-electron chi connectivity index (χ1n) is 7.01. The largest absolute Gasteiger partial charge is 0.462 e. The summed E-state index contributed by atoms with van der Waals surface area (Å²) in [4.78, 5) is 19.1. The van der Waals surface area contributed by atoms with Crippen LogP contribution in [0.25, 0.3) is 5.95 Å². The number of hydrogen-bond donors (Lipinski definition) is 1. The van der Waals surface area contributed by atoms with Gasteiger partial charge >= 0.3 is 6.01 Å². The first kappa shape index (κ1) is 13.7. The van der Waals surface area contributed by atoms with Crippen molar-refractivity contribution in [2.24, 2.45) is 0 Å². The number of ether oxygens (including phenoxy) is 1. The zero-order valence-electron chi connectivity index (χ0n) is 12.2. The number of likely N-dealkylation sites (N-methyl/N-ethyl adjacent to an activating group) is 1. The van der Waals surface area contributed by atoms with Crippen LogP contribution in [-0.4, -0.2) is 62.7 Å². The molecule has 1 aliphatic carbocycles. The quantitative estimate of drug-likeness (QED) is 0.798. The summed E-state index contributed by atoms with van der Waals surface area (Å²) in [6.07, 6.45) is 7.67. The van der Waals surface area contributed by atoms with E-state index < -0.39 is 0 Å². The zero-order valence-corrected chi connectivity index (χ0v) is 12.2.